The molecule has 1 heterocycles. The van der Waals surface area contributed by atoms with Crippen LogP contribution in [0.2, 0.25) is 0 Å². The molecule has 0 aliphatic heterocycles. The Kier molecular flexibility index (Phi) is 9.57. The Morgan fingerprint density at radius 1 is 0.242 bits per heavy atom. The fraction of sp³-hybridized carbons (Fsp3) is 0. The first-order valence-corrected chi connectivity index (χ1v) is 21.3. The third kappa shape index (κ3) is 6.84. The summed E-state index contributed by atoms with van der Waals surface area (Å²) in [6.07, 6.45) is 0. The predicted molar refractivity (Wildman–Crippen MR) is 263 cm³/mol. The van der Waals surface area contributed by atoms with Gasteiger partial charge in [0.05, 0.1) is 16.7 Å². The van der Waals surface area contributed by atoms with E-state index >= 15 is 0 Å². The molecule has 0 unspecified atom stereocenters. The number of aromatic nitrogens is 1. The van der Waals surface area contributed by atoms with Crippen LogP contribution >= 0.6 is 0 Å². The minimum absolute atomic E-state index is 1.09. The Bertz CT molecular complexity index is 3190. The molecule has 10 aromatic carbocycles. The SMILES string of the molecule is c1ccc(-c2ccc(-c3cccc4c3c3ccccc3n4-c3ccccc3-c3ccc(N(c4ccc(-c5ccccc5)cc4)c4ccc(-c5ccccc5)cc4)cc3)cc2)cc1. The standard InChI is InChI=1S/C60H42N2/c1-4-15-43(16-5-1)46-27-29-50(30-28-46)55-23-14-26-59-60(55)56-22-11-13-25-58(56)62(59)57-24-12-10-21-54(57)49-35-41-53(42-36-49)61(51-37-31-47(32-38-51)44-17-6-2-7-18-44)52-39-33-48(34-40-52)45-19-8-3-9-20-45/h1-42H. The third-order valence-electron chi connectivity index (χ3n) is 12.0. The van der Waals surface area contributed by atoms with Crippen LogP contribution in [0.4, 0.5) is 17.1 Å². The number of hydrogen-bond acceptors (Lipinski definition) is 1. The summed E-state index contributed by atoms with van der Waals surface area (Å²) in [5, 5.41) is 2.50. The fourth-order valence-electron chi connectivity index (χ4n) is 9.01. The average Bonchev–Trinajstić information content (AvgIpc) is 3.70. The van der Waals surface area contributed by atoms with Crippen molar-refractivity contribution in [3.05, 3.63) is 255 Å². The number of nitrogens with zero attached hydrogens (tertiary/aromatic N) is 2. The minimum Gasteiger partial charge on any atom is -0.311 e. The fourth-order valence-corrected chi connectivity index (χ4v) is 9.01. The summed E-state index contributed by atoms with van der Waals surface area (Å²) in [5.74, 6) is 0. The molecule has 62 heavy (non-hydrogen) atoms. The van der Waals surface area contributed by atoms with E-state index in [1.54, 1.807) is 0 Å². The first-order chi connectivity index (χ1) is 30.8. The van der Waals surface area contributed by atoms with Crippen LogP contribution in [0.3, 0.4) is 0 Å². The normalized spacial score (nSPS) is 11.2. The smallest absolute Gasteiger partial charge is 0.0547 e. The maximum absolute atomic E-state index is 2.45. The van der Waals surface area contributed by atoms with Crippen molar-refractivity contribution in [1.82, 2.24) is 4.57 Å². The van der Waals surface area contributed by atoms with Crippen LogP contribution in [0.1, 0.15) is 0 Å². The summed E-state index contributed by atoms with van der Waals surface area (Å²) in [7, 11) is 0. The number of benzene rings is 10. The molecule has 1 aromatic heterocycles. The monoisotopic (exact) mass is 790 g/mol. The van der Waals surface area contributed by atoms with Gasteiger partial charge in [-0.1, -0.05) is 200 Å². The van der Waals surface area contributed by atoms with Gasteiger partial charge in [-0.15, -0.1) is 0 Å². The van der Waals surface area contributed by atoms with Crippen LogP contribution in [-0.2, 0) is 0 Å². The van der Waals surface area contributed by atoms with Gasteiger partial charge in [0.15, 0.2) is 0 Å². The first-order valence-electron chi connectivity index (χ1n) is 21.3. The van der Waals surface area contributed by atoms with Crippen LogP contribution in [0.5, 0.6) is 0 Å². The van der Waals surface area contributed by atoms with Gasteiger partial charge in [-0.3, -0.25) is 0 Å². The summed E-state index contributed by atoms with van der Waals surface area (Å²) in [4.78, 5) is 2.35. The van der Waals surface area contributed by atoms with Crippen molar-refractivity contribution in [2.45, 2.75) is 0 Å². The maximum atomic E-state index is 2.45. The number of para-hydroxylation sites is 2. The molecule has 0 atom stereocenters. The first kappa shape index (κ1) is 36.8. The van der Waals surface area contributed by atoms with E-state index in [-0.39, 0.29) is 0 Å². The Morgan fingerprint density at radius 2 is 0.597 bits per heavy atom. The molecule has 11 aromatic rings. The molecule has 11 rings (SSSR count). The Morgan fingerprint density at radius 3 is 1.13 bits per heavy atom. The van der Waals surface area contributed by atoms with Crippen LogP contribution in [0.15, 0.2) is 255 Å². The molecule has 0 saturated carbocycles. The van der Waals surface area contributed by atoms with Crippen molar-refractivity contribution < 1.29 is 0 Å². The van der Waals surface area contributed by atoms with E-state index in [2.05, 4.69) is 264 Å². The number of rotatable bonds is 9. The van der Waals surface area contributed by atoms with Gasteiger partial charge >= 0.3 is 0 Å². The lowest BCUT2D eigenvalue weighted by Crippen LogP contribution is -2.09. The molecular weight excluding hydrogens is 749 g/mol. The largest absolute Gasteiger partial charge is 0.311 e. The summed E-state index contributed by atoms with van der Waals surface area (Å²) >= 11 is 0. The third-order valence-corrected chi connectivity index (χ3v) is 12.0. The molecule has 0 bridgehead atoms. The maximum Gasteiger partial charge on any atom is 0.0547 e. The summed E-state index contributed by atoms with van der Waals surface area (Å²) in [5.41, 5.74) is 18.8. The van der Waals surface area contributed by atoms with Crippen LogP contribution in [-0.4, -0.2) is 4.57 Å². The quantitative estimate of drug-likeness (QED) is 0.141. The minimum atomic E-state index is 1.09. The number of hydrogen-bond donors (Lipinski definition) is 0. The Hall–Kier alpha value is -8.20. The lowest BCUT2D eigenvalue weighted by molar-refractivity contribution is 1.18. The molecule has 0 radical (unpaired) electrons. The molecular formula is C60H42N2. The van der Waals surface area contributed by atoms with Crippen molar-refractivity contribution in [3.63, 3.8) is 0 Å². The molecule has 0 saturated heterocycles. The van der Waals surface area contributed by atoms with Crippen molar-refractivity contribution in [2.24, 2.45) is 0 Å². The highest BCUT2D eigenvalue weighted by Gasteiger charge is 2.19. The molecule has 0 aliphatic rings. The molecule has 2 heteroatoms. The molecule has 0 spiro atoms. The molecule has 292 valence electrons. The van der Waals surface area contributed by atoms with Crippen molar-refractivity contribution in [2.75, 3.05) is 4.90 Å². The van der Waals surface area contributed by atoms with Gasteiger partial charge in [0.2, 0.25) is 0 Å². The summed E-state index contributed by atoms with van der Waals surface area (Å²) < 4.78 is 2.45. The molecule has 2 nitrogen and oxygen atoms in total. The highest BCUT2D eigenvalue weighted by atomic mass is 15.1. The van der Waals surface area contributed by atoms with Crippen molar-refractivity contribution >= 4 is 38.9 Å². The van der Waals surface area contributed by atoms with Gasteiger partial charge in [-0.2, -0.15) is 0 Å². The van der Waals surface area contributed by atoms with Crippen molar-refractivity contribution in [1.29, 1.82) is 0 Å². The van der Waals surface area contributed by atoms with Gasteiger partial charge < -0.3 is 9.47 Å². The molecule has 0 aliphatic carbocycles. The molecule has 0 N–H and O–H groups in total. The van der Waals surface area contributed by atoms with E-state index < -0.39 is 0 Å². The van der Waals surface area contributed by atoms with E-state index in [9.17, 15) is 0 Å². The summed E-state index contributed by atoms with van der Waals surface area (Å²) in [6.45, 7) is 0. The number of anilines is 3. The van der Waals surface area contributed by atoms with Crippen LogP contribution in [0.25, 0.3) is 83.1 Å². The highest BCUT2D eigenvalue weighted by molar-refractivity contribution is 6.16. The average molecular weight is 791 g/mol. The second-order valence-electron chi connectivity index (χ2n) is 15.7. The van der Waals surface area contributed by atoms with E-state index in [0.29, 0.717) is 0 Å². The second kappa shape index (κ2) is 16.1. The van der Waals surface area contributed by atoms with E-state index in [4.69, 9.17) is 0 Å². The van der Waals surface area contributed by atoms with Gasteiger partial charge in [-0.25, -0.2) is 0 Å². The van der Waals surface area contributed by atoms with E-state index in [0.717, 1.165) is 28.3 Å². The summed E-state index contributed by atoms with van der Waals surface area (Å²) in [6, 6.07) is 91.9. The molecule has 0 amide bonds. The van der Waals surface area contributed by atoms with Gasteiger partial charge in [0.1, 0.15) is 0 Å². The lowest BCUT2D eigenvalue weighted by Gasteiger charge is -2.26. The zero-order chi connectivity index (χ0) is 41.2. The van der Waals surface area contributed by atoms with Gasteiger partial charge in [0, 0.05) is 33.4 Å². The molecule has 0 fully saturated rings. The van der Waals surface area contributed by atoms with Gasteiger partial charge in [-0.05, 0) is 105 Å². The predicted octanol–water partition coefficient (Wildman–Crippen LogP) is 16.6. The zero-order valence-corrected chi connectivity index (χ0v) is 34.1. The topological polar surface area (TPSA) is 8.17 Å². The Labute approximate surface area is 362 Å². The van der Waals surface area contributed by atoms with E-state index in [1.807, 2.05) is 0 Å². The van der Waals surface area contributed by atoms with Crippen LogP contribution < -0.4 is 4.90 Å². The van der Waals surface area contributed by atoms with Crippen molar-refractivity contribution in [3.8, 4) is 61.3 Å². The zero-order valence-electron chi connectivity index (χ0n) is 34.1. The highest BCUT2D eigenvalue weighted by Crippen LogP contribution is 2.42. The number of fused-ring (bicyclic) bond motifs is 3. The second-order valence-corrected chi connectivity index (χ2v) is 15.7. The van der Waals surface area contributed by atoms with E-state index in [1.165, 1.54) is 71.9 Å². The van der Waals surface area contributed by atoms with Crippen LogP contribution in [0, 0.1) is 0 Å². The lowest BCUT2D eigenvalue weighted by atomic mass is 9.97. The van der Waals surface area contributed by atoms with Gasteiger partial charge in [0.25, 0.3) is 0 Å². The Balaban J connectivity index is 0.989.